The number of aromatic hydroxyl groups is 2. The Morgan fingerprint density at radius 2 is 1.56 bits per heavy atom. The van der Waals surface area contributed by atoms with Gasteiger partial charge in [-0.1, -0.05) is 39.8 Å². The number of carbonyl (C=O) groups excluding carboxylic acids is 2. The highest BCUT2D eigenvalue weighted by Crippen LogP contribution is 2.53. The third-order valence-electron chi connectivity index (χ3n) is 7.90. The maximum Gasteiger partial charge on any atom is 0.172 e. The molecule has 8 nitrogen and oxygen atoms in total. The van der Waals surface area contributed by atoms with E-state index in [1.807, 2.05) is 33.8 Å². The summed E-state index contributed by atoms with van der Waals surface area (Å²) in [6.07, 6.45) is 2.71. The molecule has 8 heteroatoms. The van der Waals surface area contributed by atoms with Crippen molar-refractivity contribution in [1.82, 2.24) is 0 Å². The van der Waals surface area contributed by atoms with Crippen LogP contribution >= 0.6 is 0 Å². The lowest BCUT2D eigenvalue weighted by molar-refractivity contribution is -0.105. The number of hydrogen-bond donors (Lipinski definition) is 5. The fourth-order valence-corrected chi connectivity index (χ4v) is 6.26. The average molecular weight is 535 g/mol. The van der Waals surface area contributed by atoms with Crippen molar-refractivity contribution in [3.8, 4) is 17.2 Å². The van der Waals surface area contributed by atoms with E-state index in [-0.39, 0.29) is 73.8 Å². The molecule has 0 fully saturated rings. The Hall–Kier alpha value is -4.20. The number of phenols is 2. The average Bonchev–Trinajstić information content (AvgIpc) is 2.85. The highest BCUT2D eigenvalue weighted by atomic mass is 16.5. The summed E-state index contributed by atoms with van der Waals surface area (Å²) in [4.78, 5) is 24.3. The molecule has 0 spiro atoms. The molecular weight excluding hydrogens is 500 g/mol. The smallest absolute Gasteiger partial charge is 0.172 e. The number of aryl methyl sites for hydroxylation is 1. The molecule has 206 valence electrons. The normalized spacial score (nSPS) is 19.7. The number of carbonyl (C=O) groups is 2. The summed E-state index contributed by atoms with van der Waals surface area (Å²) in [5.41, 5.74) is 1.96. The highest BCUT2D eigenvalue weighted by Gasteiger charge is 2.43. The van der Waals surface area contributed by atoms with Crippen LogP contribution in [0.5, 0.6) is 17.2 Å². The first kappa shape index (κ1) is 27.8. The van der Waals surface area contributed by atoms with Crippen LogP contribution in [0.15, 0.2) is 46.1 Å². The monoisotopic (exact) mass is 534 g/mol. The van der Waals surface area contributed by atoms with E-state index in [4.69, 9.17) is 4.74 Å². The molecule has 0 aliphatic heterocycles. The Labute approximate surface area is 226 Å². The molecule has 0 bridgehead atoms. The van der Waals surface area contributed by atoms with E-state index < -0.39 is 17.6 Å². The van der Waals surface area contributed by atoms with E-state index >= 15 is 0 Å². The molecule has 0 aromatic heterocycles. The molecule has 2 aromatic carbocycles. The zero-order valence-corrected chi connectivity index (χ0v) is 23.1. The quantitative estimate of drug-likeness (QED) is 0.266. The molecule has 4 rings (SSSR count). The molecule has 2 aliphatic rings. The summed E-state index contributed by atoms with van der Waals surface area (Å²) >= 11 is 0. The number of aliphatic hydroxyl groups excluding tert-OH is 3. The number of aliphatic hydroxyl groups is 3. The highest BCUT2D eigenvalue weighted by molar-refractivity contribution is 6.10. The van der Waals surface area contributed by atoms with Gasteiger partial charge in [0.05, 0.1) is 18.2 Å². The summed E-state index contributed by atoms with van der Waals surface area (Å²) in [6, 6.07) is 1.74. The lowest BCUT2D eigenvalue weighted by Gasteiger charge is -2.37. The summed E-state index contributed by atoms with van der Waals surface area (Å²) in [7, 11) is 1.32. The van der Waals surface area contributed by atoms with E-state index in [0.29, 0.717) is 34.7 Å². The topological polar surface area (TPSA) is 145 Å². The van der Waals surface area contributed by atoms with Crippen molar-refractivity contribution >= 4 is 28.9 Å². The minimum atomic E-state index is -0.595. The molecule has 0 radical (unpaired) electrons. The lowest BCUT2D eigenvalue weighted by atomic mass is 9.67. The van der Waals surface area contributed by atoms with Gasteiger partial charge < -0.3 is 30.3 Å². The standard InChI is InChI=1S/C31H34O8/c1-12(2)20-16-8-14(5)22(27(35)24(16)18(10-32)26(34)29(20)37)23-15(6)9-17-21(13(3)4)30(38)31(39-7)19(11-33)25(17)28(23)36/h8-13,16,20,34-38H,1-7H3. The van der Waals surface area contributed by atoms with Crippen LogP contribution < -0.4 is 4.74 Å². The zero-order chi connectivity index (χ0) is 29.1. The van der Waals surface area contributed by atoms with Crippen LogP contribution in [0.2, 0.25) is 0 Å². The molecule has 2 unspecified atom stereocenters. The van der Waals surface area contributed by atoms with Crippen LogP contribution in [0, 0.1) is 24.7 Å². The second kappa shape index (κ2) is 9.84. The fourth-order valence-electron chi connectivity index (χ4n) is 6.26. The first-order chi connectivity index (χ1) is 18.3. The number of phenolic OH excluding ortho intramolecular Hbond substituents is 2. The third-order valence-corrected chi connectivity index (χ3v) is 7.90. The van der Waals surface area contributed by atoms with Gasteiger partial charge in [-0.3, -0.25) is 9.59 Å². The SMILES string of the molecule is COc1c(O)c(C(C)C)c2cc(C)c(C3=C(O)C4=C(C=O)C(O)=C(O)C(C(C)C)C4C=C3C)c(O)c2c1C=O. The Balaban J connectivity index is 2.17. The molecule has 2 atom stereocenters. The molecule has 2 aliphatic carbocycles. The Morgan fingerprint density at radius 1 is 0.923 bits per heavy atom. The first-order valence-electron chi connectivity index (χ1n) is 12.8. The van der Waals surface area contributed by atoms with Gasteiger partial charge in [0, 0.05) is 39.5 Å². The predicted molar refractivity (Wildman–Crippen MR) is 149 cm³/mol. The van der Waals surface area contributed by atoms with Crippen molar-refractivity contribution < 1.29 is 39.9 Å². The number of fused-ring (bicyclic) bond motifs is 2. The van der Waals surface area contributed by atoms with Gasteiger partial charge in [-0.15, -0.1) is 0 Å². The van der Waals surface area contributed by atoms with Crippen LogP contribution in [0.1, 0.15) is 67.6 Å². The third kappa shape index (κ3) is 3.88. The Kier molecular flexibility index (Phi) is 7.02. The maximum atomic E-state index is 12.2. The number of ether oxygens (including phenoxy) is 1. The molecule has 5 N–H and O–H groups in total. The van der Waals surface area contributed by atoms with Gasteiger partial charge in [0.1, 0.15) is 17.3 Å². The first-order valence-corrected chi connectivity index (χ1v) is 12.8. The number of benzene rings is 2. The Bertz CT molecular complexity index is 1550. The van der Waals surface area contributed by atoms with Crippen molar-refractivity contribution in [1.29, 1.82) is 0 Å². The summed E-state index contributed by atoms with van der Waals surface area (Å²) in [5.74, 6) is -3.26. The summed E-state index contributed by atoms with van der Waals surface area (Å²) in [6.45, 7) is 11.0. The van der Waals surface area contributed by atoms with Gasteiger partial charge >= 0.3 is 0 Å². The van der Waals surface area contributed by atoms with Crippen LogP contribution in [0.3, 0.4) is 0 Å². The van der Waals surface area contributed by atoms with Crippen LogP contribution in [-0.2, 0) is 4.79 Å². The maximum absolute atomic E-state index is 12.2. The molecule has 0 saturated heterocycles. The zero-order valence-electron chi connectivity index (χ0n) is 23.1. The van der Waals surface area contributed by atoms with E-state index in [2.05, 4.69) is 0 Å². The van der Waals surface area contributed by atoms with Gasteiger partial charge in [0.2, 0.25) is 0 Å². The van der Waals surface area contributed by atoms with Gasteiger partial charge in [0.15, 0.2) is 29.8 Å². The van der Waals surface area contributed by atoms with Gasteiger partial charge in [-0.2, -0.15) is 0 Å². The number of allylic oxidation sites excluding steroid dienone is 6. The molecule has 0 amide bonds. The Morgan fingerprint density at radius 3 is 2.08 bits per heavy atom. The van der Waals surface area contributed by atoms with Crippen molar-refractivity contribution in [3.05, 3.63) is 68.4 Å². The van der Waals surface area contributed by atoms with E-state index in [1.54, 1.807) is 19.9 Å². The minimum Gasteiger partial charge on any atom is -0.508 e. The second-order valence-electron chi connectivity index (χ2n) is 10.9. The van der Waals surface area contributed by atoms with Crippen molar-refractivity contribution in [2.45, 2.75) is 47.5 Å². The number of methoxy groups -OCH3 is 1. The summed E-state index contributed by atoms with van der Waals surface area (Å²) < 4.78 is 5.37. The van der Waals surface area contributed by atoms with E-state index in [0.717, 1.165) is 0 Å². The lowest BCUT2D eigenvalue weighted by Crippen LogP contribution is -2.32. The summed E-state index contributed by atoms with van der Waals surface area (Å²) in [5, 5.41) is 56.4. The van der Waals surface area contributed by atoms with Gasteiger partial charge in [-0.05, 0) is 42.2 Å². The second-order valence-corrected chi connectivity index (χ2v) is 10.9. The van der Waals surface area contributed by atoms with Crippen LogP contribution in [-0.4, -0.2) is 45.2 Å². The number of hydrogen-bond acceptors (Lipinski definition) is 8. The molecule has 0 heterocycles. The molecular formula is C31H34O8. The van der Waals surface area contributed by atoms with E-state index in [1.165, 1.54) is 7.11 Å². The van der Waals surface area contributed by atoms with E-state index in [9.17, 15) is 35.1 Å². The van der Waals surface area contributed by atoms with Crippen molar-refractivity contribution in [2.24, 2.45) is 17.8 Å². The van der Waals surface area contributed by atoms with Crippen molar-refractivity contribution in [2.75, 3.05) is 7.11 Å². The van der Waals surface area contributed by atoms with Crippen molar-refractivity contribution in [3.63, 3.8) is 0 Å². The van der Waals surface area contributed by atoms with Crippen LogP contribution in [0.25, 0.3) is 16.3 Å². The predicted octanol–water partition coefficient (Wildman–Crippen LogP) is 6.46. The fraction of sp³-hybridized carbons (Fsp3) is 0.355. The van der Waals surface area contributed by atoms with Crippen LogP contribution in [0.4, 0.5) is 0 Å². The molecule has 2 aromatic rings. The number of rotatable bonds is 6. The molecule has 0 saturated carbocycles. The van der Waals surface area contributed by atoms with Gasteiger partial charge in [-0.25, -0.2) is 0 Å². The van der Waals surface area contributed by atoms with Gasteiger partial charge in [0.25, 0.3) is 0 Å². The number of aldehydes is 2. The largest absolute Gasteiger partial charge is 0.508 e. The molecule has 39 heavy (non-hydrogen) atoms. The minimum absolute atomic E-state index is 0.0422.